The Kier molecular flexibility index (Phi) is 2.21. The lowest BCUT2D eigenvalue weighted by Crippen LogP contribution is -2.09. The number of carbonyl (C=O) groups is 1. The first kappa shape index (κ1) is 8.16. The van der Waals surface area contributed by atoms with Gasteiger partial charge in [0.25, 0.3) is 0 Å². The number of aryl methyl sites for hydroxylation is 1. The highest BCUT2D eigenvalue weighted by Gasteiger charge is 2.19. The van der Waals surface area contributed by atoms with Crippen molar-refractivity contribution in [1.82, 2.24) is 4.98 Å². The molecule has 0 aromatic carbocycles. The summed E-state index contributed by atoms with van der Waals surface area (Å²) in [5.74, 6) is -1.26. The molecule has 0 aliphatic carbocycles. The first-order valence-corrected chi connectivity index (χ1v) is 3.69. The summed E-state index contributed by atoms with van der Waals surface area (Å²) in [5.41, 5.74) is 3.02. The van der Waals surface area contributed by atoms with Crippen LogP contribution in [0.3, 0.4) is 0 Å². The van der Waals surface area contributed by atoms with Crippen LogP contribution >= 0.6 is 11.3 Å². The second kappa shape index (κ2) is 2.98. The van der Waals surface area contributed by atoms with Crippen molar-refractivity contribution in [2.45, 2.75) is 13.0 Å². The Hall–Kier alpha value is -0.940. The Balaban J connectivity index is 2.92. The van der Waals surface area contributed by atoms with E-state index in [-0.39, 0.29) is 0 Å². The van der Waals surface area contributed by atoms with Crippen molar-refractivity contribution < 1.29 is 15.0 Å². The average Bonchev–Trinajstić information content (AvgIpc) is 2.33. The molecule has 0 aliphatic rings. The smallest absolute Gasteiger partial charge is 0.338 e. The fraction of sp³-hybridized carbons (Fsp3) is 0.333. The van der Waals surface area contributed by atoms with Crippen LogP contribution in [0.1, 0.15) is 16.7 Å². The molecule has 2 N–H and O–H groups in total. The summed E-state index contributed by atoms with van der Waals surface area (Å²) in [6.07, 6.45) is -1.46. The van der Waals surface area contributed by atoms with Gasteiger partial charge >= 0.3 is 5.97 Å². The van der Waals surface area contributed by atoms with Crippen LogP contribution in [0.4, 0.5) is 0 Å². The minimum Gasteiger partial charge on any atom is -0.479 e. The molecule has 0 bridgehead atoms. The van der Waals surface area contributed by atoms with Crippen molar-refractivity contribution in [3.05, 3.63) is 16.1 Å². The molecule has 0 fully saturated rings. The van der Waals surface area contributed by atoms with Gasteiger partial charge in [-0.3, -0.25) is 0 Å². The van der Waals surface area contributed by atoms with Crippen LogP contribution in [-0.4, -0.2) is 21.2 Å². The fourth-order valence-electron chi connectivity index (χ4n) is 0.635. The normalized spacial score (nSPS) is 12.9. The Bertz CT molecular complexity index is 271. The molecule has 1 radical (unpaired) electrons. The maximum atomic E-state index is 10.3. The number of carboxylic acids is 1. The molecule has 11 heavy (non-hydrogen) atoms. The molecule has 0 aliphatic heterocycles. The maximum absolute atomic E-state index is 10.3. The Morgan fingerprint density at radius 3 is 2.82 bits per heavy atom. The second-order valence-corrected chi connectivity index (χ2v) is 2.82. The van der Waals surface area contributed by atoms with Gasteiger partial charge < -0.3 is 10.2 Å². The Morgan fingerprint density at radius 2 is 2.45 bits per heavy atom. The van der Waals surface area contributed by atoms with E-state index in [0.29, 0.717) is 10.6 Å². The van der Waals surface area contributed by atoms with Crippen LogP contribution in [0.5, 0.6) is 0 Å². The zero-order valence-corrected chi connectivity index (χ0v) is 6.55. The molecule has 5 heteroatoms. The molecule has 1 atom stereocenters. The van der Waals surface area contributed by atoms with Gasteiger partial charge in [0, 0.05) is 0 Å². The van der Waals surface area contributed by atoms with Crippen LogP contribution in [0, 0.1) is 12.4 Å². The number of thiazole rings is 1. The van der Waals surface area contributed by atoms with Gasteiger partial charge in [0.15, 0.2) is 11.6 Å². The molecule has 0 saturated heterocycles. The van der Waals surface area contributed by atoms with E-state index in [1.807, 2.05) is 0 Å². The van der Waals surface area contributed by atoms with E-state index in [1.54, 1.807) is 6.92 Å². The first-order valence-electron chi connectivity index (χ1n) is 2.87. The zero-order valence-electron chi connectivity index (χ0n) is 5.74. The number of rotatable bonds is 2. The average molecular weight is 172 g/mol. The van der Waals surface area contributed by atoms with Gasteiger partial charge in [-0.2, -0.15) is 0 Å². The molecule has 0 spiro atoms. The van der Waals surface area contributed by atoms with Crippen molar-refractivity contribution in [2.24, 2.45) is 0 Å². The fourth-order valence-corrected chi connectivity index (χ4v) is 1.32. The summed E-state index contributed by atoms with van der Waals surface area (Å²) >= 11 is 1.02. The molecule has 0 amide bonds. The second-order valence-electron chi connectivity index (χ2n) is 2.00. The van der Waals surface area contributed by atoms with E-state index >= 15 is 0 Å². The third-order valence-corrected chi connectivity index (χ3v) is 2.13. The topological polar surface area (TPSA) is 70.4 Å². The highest BCUT2D eigenvalue weighted by molar-refractivity contribution is 7.09. The summed E-state index contributed by atoms with van der Waals surface area (Å²) in [6, 6.07) is 0. The van der Waals surface area contributed by atoms with Gasteiger partial charge in [0.05, 0.1) is 10.6 Å². The molecule has 1 aromatic heterocycles. The van der Waals surface area contributed by atoms with Crippen LogP contribution in [0.2, 0.25) is 0 Å². The van der Waals surface area contributed by atoms with Crippen LogP contribution in [-0.2, 0) is 4.79 Å². The van der Waals surface area contributed by atoms with Gasteiger partial charge in [-0.15, -0.1) is 11.3 Å². The van der Waals surface area contributed by atoms with Gasteiger partial charge in [-0.1, -0.05) is 0 Å². The number of aliphatic hydroxyl groups is 1. The summed E-state index contributed by atoms with van der Waals surface area (Å²) in [6.45, 7) is 1.63. The van der Waals surface area contributed by atoms with E-state index < -0.39 is 12.1 Å². The molecule has 0 saturated carbocycles. The Morgan fingerprint density at radius 1 is 1.82 bits per heavy atom. The highest BCUT2D eigenvalue weighted by Crippen LogP contribution is 2.20. The van der Waals surface area contributed by atoms with Crippen molar-refractivity contribution in [3.8, 4) is 0 Å². The molecule has 1 aromatic rings. The summed E-state index contributed by atoms with van der Waals surface area (Å²) < 4.78 is 0. The van der Waals surface area contributed by atoms with Gasteiger partial charge in [-0.05, 0) is 6.92 Å². The SMILES string of the molecule is Cc1n[c]sc1C(O)C(=O)O. The van der Waals surface area contributed by atoms with E-state index in [2.05, 4.69) is 10.5 Å². The number of hydrogen-bond acceptors (Lipinski definition) is 4. The third kappa shape index (κ3) is 1.55. The lowest BCUT2D eigenvalue weighted by atomic mass is 10.2. The summed E-state index contributed by atoms with van der Waals surface area (Å²) in [4.78, 5) is 14.3. The van der Waals surface area contributed by atoms with E-state index in [9.17, 15) is 4.79 Å². The van der Waals surface area contributed by atoms with Gasteiger partial charge in [-0.25, -0.2) is 9.78 Å². The molecular weight excluding hydrogens is 166 g/mol. The number of aromatic nitrogens is 1. The Labute approximate surface area is 67.1 Å². The number of carboxylic acid groups (broad SMARTS) is 1. The predicted octanol–water partition coefficient (Wildman–Crippen LogP) is 0.370. The molecule has 1 heterocycles. The third-order valence-electron chi connectivity index (χ3n) is 1.21. The van der Waals surface area contributed by atoms with Gasteiger partial charge in [0.2, 0.25) is 0 Å². The molecule has 1 rings (SSSR count). The van der Waals surface area contributed by atoms with Crippen LogP contribution < -0.4 is 0 Å². The van der Waals surface area contributed by atoms with Crippen molar-refractivity contribution in [2.75, 3.05) is 0 Å². The van der Waals surface area contributed by atoms with E-state index in [0.717, 1.165) is 11.3 Å². The summed E-state index contributed by atoms with van der Waals surface area (Å²) in [5, 5.41) is 17.4. The minimum absolute atomic E-state index is 0.345. The quantitative estimate of drug-likeness (QED) is 0.676. The maximum Gasteiger partial charge on any atom is 0.338 e. The summed E-state index contributed by atoms with van der Waals surface area (Å²) in [7, 11) is 0. The predicted molar refractivity (Wildman–Crippen MR) is 38.3 cm³/mol. The lowest BCUT2D eigenvalue weighted by Gasteiger charge is -2.01. The van der Waals surface area contributed by atoms with Crippen LogP contribution in [0.25, 0.3) is 0 Å². The molecular formula is C6H6NO3S. The first-order chi connectivity index (χ1) is 5.13. The van der Waals surface area contributed by atoms with Crippen molar-refractivity contribution in [1.29, 1.82) is 0 Å². The molecule has 1 unspecified atom stereocenters. The molecule has 4 nitrogen and oxygen atoms in total. The minimum atomic E-state index is -1.46. The highest BCUT2D eigenvalue weighted by atomic mass is 32.1. The zero-order chi connectivity index (χ0) is 8.43. The standard InChI is InChI=1S/C6H6NO3S/c1-3-5(11-2-7-3)4(8)6(9)10/h4,8H,1H3,(H,9,10). The van der Waals surface area contributed by atoms with Gasteiger partial charge in [0.1, 0.15) is 0 Å². The van der Waals surface area contributed by atoms with Crippen LogP contribution in [0.15, 0.2) is 0 Å². The monoisotopic (exact) mass is 172 g/mol. The lowest BCUT2D eigenvalue weighted by molar-refractivity contribution is -0.146. The van der Waals surface area contributed by atoms with E-state index in [4.69, 9.17) is 10.2 Å². The molecule has 59 valence electrons. The number of aliphatic carboxylic acids is 1. The largest absolute Gasteiger partial charge is 0.479 e. The number of nitrogens with zero attached hydrogens (tertiary/aromatic N) is 1. The van der Waals surface area contributed by atoms with E-state index in [1.165, 1.54) is 0 Å². The number of aliphatic hydroxyl groups excluding tert-OH is 1. The van der Waals surface area contributed by atoms with Crippen molar-refractivity contribution >= 4 is 17.3 Å². The number of hydrogen-bond donors (Lipinski definition) is 2. The van der Waals surface area contributed by atoms with Crippen molar-refractivity contribution in [3.63, 3.8) is 0 Å².